The number of amides is 6. The molecule has 0 saturated carbocycles. The summed E-state index contributed by atoms with van der Waals surface area (Å²) in [6.45, 7) is 0. The van der Waals surface area contributed by atoms with E-state index < -0.39 is 71.6 Å². The number of carboxylic acid groups (broad SMARTS) is 1. The van der Waals surface area contributed by atoms with Crippen LogP contribution < -0.4 is 31.9 Å². The Balaban J connectivity index is 1.23. The molecular weight excluding hydrogens is 885 g/mol. The Bertz CT molecular complexity index is 2720. The molecule has 6 amide bonds. The number of carbonyl (C=O) groups is 7. The first-order valence-electron chi connectivity index (χ1n) is 23.3. The van der Waals surface area contributed by atoms with E-state index in [1.165, 1.54) is 0 Å². The highest BCUT2D eigenvalue weighted by atomic mass is 16.4. The highest BCUT2D eigenvalue weighted by Crippen LogP contribution is 2.21. The Morgan fingerprint density at radius 3 is 1.59 bits per heavy atom. The Kier molecular flexibility index (Phi) is 17.4. The molecule has 6 aromatic carbocycles. The summed E-state index contributed by atoms with van der Waals surface area (Å²) in [6, 6.07) is 44.6. The first-order valence-corrected chi connectivity index (χ1v) is 23.3. The van der Waals surface area contributed by atoms with Gasteiger partial charge in [0, 0.05) is 44.2 Å². The van der Waals surface area contributed by atoms with Crippen molar-refractivity contribution in [2.24, 2.45) is 0 Å². The molecule has 0 aromatic heterocycles. The second-order valence-electron chi connectivity index (χ2n) is 17.3. The molecule has 0 radical (unpaired) electrons. The Morgan fingerprint density at radius 1 is 0.514 bits per heavy atom. The van der Waals surface area contributed by atoms with Gasteiger partial charge in [-0.15, -0.1) is 0 Å². The van der Waals surface area contributed by atoms with Crippen LogP contribution in [-0.2, 0) is 65.7 Å². The van der Waals surface area contributed by atoms with Crippen molar-refractivity contribution in [3.05, 3.63) is 198 Å². The van der Waals surface area contributed by atoms with Gasteiger partial charge >= 0.3 is 5.97 Å². The highest BCUT2D eigenvalue weighted by Gasteiger charge is 2.33. The van der Waals surface area contributed by atoms with Crippen molar-refractivity contribution < 1.29 is 38.7 Å². The maximum atomic E-state index is 14.8. The van der Waals surface area contributed by atoms with E-state index in [0.29, 0.717) is 34.4 Å². The fourth-order valence-corrected chi connectivity index (χ4v) is 8.22. The number of hydrogen-bond donors (Lipinski definition) is 7. The van der Waals surface area contributed by atoms with E-state index in [0.717, 1.165) is 16.7 Å². The van der Waals surface area contributed by atoms with Gasteiger partial charge < -0.3 is 37.0 Å². The number of aliphatic carboxylic acids is 1. The number of aryl methyl sites for hydroxylation is 1. The number of hydrogen-bond acceptors (Lipinski definition) is 7. The summed E-state index contributed by atoms with van der Waals surface area (Å²) in [4.78, 5) is 97.4. The molecule has 358 valence electrons. The molecule has 2 aliphatic rings. The highest BCUT2D eigenvalue weighted by molar-refractivity contribution is 5.97. The minimum atomic E-state index is -1.35. The van der Waals surface area contributed by atoms with Gasteiger partial charge in [0.25, 0.3) is 0 Å². The number of anilines is 1. The molecule has 0 spiro atoms. The maximum absolute atomic E-state index is 14.8. The van der Waals surface area contributed by atoms with E-state index in [1.807, 2.05) is 91.0 Å². The lowest BCUT2D eigenvalue weighted by Gasteiger charge is -2.27. The van der Waals surface area contributed by atoms with Crippen molar-refractivity contribution in [1.29, 1.82) is 0 Å². The topological polar surface area (TPSA) is 212 Å². The van der Waals surface area contributed by atoms with Crippen LogP contribution in [0.25, 0.3) is 11.1 Å². The summed E-state index contributed by atoms with van der Waals surface area (Å²) >= 11 is 0. The van der Waals surface area contributed by atoms with Crippen molar-refractivity contribution in [2.45, 2.75) is 81.6 Å². The standard InChI is InChI=1S/C56H56N6O8/c63-50-31-32-51(64)58-45(30-25-37-13-5-1-6-14-37)52(65)59-47(34-40-21-26-43(27-22-40)42-19-11-4-12-20-42)54(67)60-46(33-38-15-7-2-8-16-38)53(66)61-48(35-41-23-28-44(57-50)29-24-41)55(68)62-49(56(69)70)36-39-17-9-3-10-18-39/h1-24,26-29,45-49H,25,30-36H2,(H,57,63)(H,58,64)(H,59,65)(H,60,67)(H,61,66)(H,62,68)(H,69,70)/t45-,46-,47+,48+,49+/m1/s1. The molecule has 2 bridgehead atoms. The van der Waals surface area contributed by atoms with E-state index in [-0.39, 0.29) is 44.9 Å². The lowest BCUT2D eigenvalue weighted by atomic mass is 9.98. The predicted octanol–water partition coefficient (Wildman–Crippen LogP) is 5.50. The smallest absolute Gasteiger partial charge is 0.326 e. The lowest BCUT2D eigenvalue weighted by Crippen LogP contribution is -2.60. The summed E-state index contributed by atoms with van der Waals surface area (Å²) in [5.41, 5.74) is 5.85. The number of carbonyl (C=O) groups excluding carboxylic acids is 6. The Hall–Kier alpha value is -8.39. The summed E-state index contributed by atoms with van der Waals surface area (Å²) in [6.07, 6.45) is -0.0191. The SMILES string of the molecule is O=C1CCC(=O)N[C@H](CCc2ccccc2)C(=O)N[C@@H](Cc2ccc(-c3ccccc3)cc2)C(=O)N[C@H](Cc2ccccc2)C(=O)N[C@H](C(=O)N[C@@H](Cc2ccccc2)C(=O)O)Cc2ccc(cc2)N1. The van der Waals surface area contributed by atoms with Gasteiger partial charge in [0.2, 0.25) is 35.4 Å². The lowest BCUT2D eigenvalue weighted by molar-refractivity contribution is -0.142. The zero-order valence-corrected chi connectivity index (χ0v) is 38.5. The summed E-state index contributed by atoms with van der Waals surface area (Å²) in [5, 5.41) is 27.0. The van der Waals surface area contributed by atoms with Crippen LogP contribution in [-0.4, -0.2) is 76.7 Å². The van der Waals surface area contributed by atoms with Crippen molar-refractivity contribution in [3.63, 3.8) is 0 Å². The van der Waals surface area contributed by atoms with Crippen LogP contribution in [0.15, 0.2) is 170 Å². The summed E-state index contributed by atoms with van der Waals surface area (Å²) in [7, 11) is 0. The minimum absolute atomic E-state index is 0.00924. The molecule has 7 N–H and O–H groups in total. The zero-order valence-electron chi connectivity index (χ0n) is 38.5. The van der Waals surface area contributed by atoms with Gasteiger partial charge in [0.15, 0.2) is 0 Å². The Labute approximate surface area is 406 Å². The third-order valence-electron chi connectivity index (χ3n) is 12.1. The molecule has 2 heterocycles. The van der Waals surface area contributed by atoms with Crippen LogP contribution in [0.2, 0.25) is 0 Å². The van der Waals surface area contributed by atoms with Gasteiger partial charge in [0.05, 0.1) is 0 Å². The monoisotopic (exact) mass is 940 g/mol. The van der Waals surface area contributed by atoms with Crippen LogP contribution >= 0.6 is 0 Å². The van der Waals surface area contributed by atoms with Gasteiger partial charge in [-0.2, -0.15) is 0 Å². The number of benzene rings is 6. The number of carboxylic acids is 1. The molecule has 5 atom stereocenters. The molecule has 0 unspecified atom stereocenters. The molecule has 70 heavy (non-hydrogen) atoms. The minimum Gasteiger partial charge on any atom is -0.480 e. The first kappa shape index (κ1) is 49.5. The normalized spacial score (nSPS) is 18.7. The quantitative estimate of drug-likeness (QED) is 0.0734. The van der Waals surface area contributed by atoms with E-state index in [9.17, 15) is 38.7 Å². The molecule has 0 aliphatic carbocycles. The summed E-state index contributed by atoms with van der Waals surface area (Å²) < 4.78 is 0. The molecule has 2 aliphatic heterocycles. The van der Waals surface area contributed by atoms with E-state index in [2.05, 4.69) is 31.9 Å². The van der Waals surface area contributed by atoms with Crippen LogP contribution in [0.4, 0.5) is 5.69 Å². The fraction of sp³-hybridized carbons (Fsp3) is 0.232. The number of rotatable bonds is 13. The average Bonchev–Trinajstić information content (AvgIpc) is 3.37. The van der Waals surface area contributed by atoms with Gasteiger partial charge in [0.1, 0.15) is 30.2 Å². The first-order chi connectivity index (χ1) is 33.9. The molecule has 14 nitrogen and oxygen atoms in total. The number of fused-ring (bicyclic) bond motifs is 18. The number of nitrogens with one attached hydrogen (secondary N) is 6. The zero-order chi connectivity index (χ0) is 49.2. The second kappa shape index (κ2) is 24.6. The third kappa shape index (κ3) is 14.8. The molecule has 0 fully saturated rings. The van der Waals surface area contributed by atoms with Crippen LogP contribution in [0, 0.1) is 0 Å². The second-order valence-corrected chi connectivity index (χ2v) is 17.3. The van der Waals surface area contributed by atoms with E-state index in [1.54, 1.807) is 78.9 Å². The van der Waals surface area contributed by atoms with Crippen LogP contribution in [0.1, 0.15) is 47.1 Å². The largest absolute Gasteiger partial charge is 0.480 e. The van der Waals surface area contributed by atoms with Crippen molar-refractivity contribution in [1.82, 2.24) is 26.6 Å². The molecule has 14 heteroatoms. The third-order valence-corrected chi connectivity index (χ3v) is 12.1. The van der Waals surface area contributed by atoms with Gasteiger partial charge in [-0.1, -0.05) is 158 Å². The molecule has 0 saturated heterocycles. The molecule has 8 rings (SSSR count). The average molecular weight is 941 g/mol. The molecular formula is C56H56N6O8. The van der Waals surface area contributed by atoms with Crippen LogP contribution in [0.3, 0.4) is 0 Å². The van der Waals surface area contributed by atoms with E-state index in [4.69, 9.17) is 0 Å². The van der Waals surface area contributed by atoms with Crippen molar-refractivity contribution in [3.8, 4) is 11.1 Å². The maximum Gasteiger partial charge on any atom is 0.326 e. The van der Waals surface area contributed by atoms with Crippen molar-refractivity contribution in [2.75, 3.05) is 5.32 Å². The Morgan fingerprint density at radius 2 is 1.00 bits per heavy atom. The summed E-state index contributed by atoms with van der Waals surface area (Å²) in [5.74, 6) is -5.15. The van der Waals surface area contributed by atoms with Crippen LogP contribution in [0.5, 0.6) is 0 Å². The van der Waals surface area contributed by atoms with E-state index >= 15 is 0 Å². The van der Waals surface area contributed by atoms with Crippen molar-refractivity contribution >= 4 is 47.1 Å². The molecule has 6 aromatic rings. The predicted molar refractivity (Wildman–Crippen MR) is 266 cm³/mol. The fourth-order valence-electron chi connectivity index (χ4n) is 8.22. The van der Waals surface area contributed by atoms with Gasteiger partial charge in [-0.05, 0) is 63.9 Å². The van der Waals surface area contributed by atoms with Gasteiger partial charge in [-0.25, -0.2) is 4.79 Å². The van der Waals surface area contributed by atoms with Gasteiger partial charge in [-0.3, -0.25) is 28.8 Å².